The van der Waals surface area contributed by atoms with Gasteiger partial charge in [-0.3, -0.25) is 9.25 Å². The van der Waals surface area contributed by atoms with Gasteiger partial charge in [0.05, 0.1) is 25.5 Å². The van der Waals surface area contributed by atoms with Gasteiger partial charge >= 0.3 is 6.55 Å². The van der Waals surface area contributed by atoms with Crippen LogP contribution in [0.25, 0.3) is 11.3 Å². The smallest absolute Gasteiger partial charge is 0.319 e. The Kier molecular flexibility index (Phi) is 5.25. The van der Waals surface area contributed by atoms with Crippen molar-refractivity contribution in [2.45, 2.75) is 26.1 Å². The summed E-state index contributed by atoms with van der Waals surface area (Å²) in [7, 11) is 1.85. The molecule has 28 heavy (non-hydrogen) atoms. The van der Waals surface area contributed by atoms with E-state index in [0.29, 0.717) is 25.5 Å². The number of hydrogen-bond donors (Lipinski definition) is 1. The van der Waals surface area contributed by atoms with Crippen molar-refractivity contribution in [1.29, 1.82) is 0 Å². The highest BCUT2D eigenvalue weighted by atomic mass is 19.3. The number of hydrogen-bond acceptors (Lipinski definition) is 5. The molecule has 0 saturated heterocycles. The first-order valence-electron chi connectivity index (χ1n) is 9.05. The third kappa shape index (κ3) is 3.84. The minimum absolute atomic E-state index is 0.229. The number of benzene rings is 1. The third-order valence-corrected chi connectivity index (χ3v) is 4.48. The molecule has 0 saturated carbocycles. The van der Waals surface area contributed by atoms with Crippen molar-refractivity contribution in [3.8, 4) is 22.8 Å². The Morgan fingerprint density at radius 3 is 2.82 bits per heavy atom. The van der Waals surface area contributed by atoms with Crippen LogP contribution in [0.1, 0.15) is 24.4 Å². The molecule has 3 heterocycles. The van der Waals surface area contributed by atoms with Crippen LogP contribution in [0, 0.1) is 0 Å². The highest BCUT2D eigenvalue weighted by Gasteiger charge is 2.16. The lowest BCUT2D eigenvalue weighted by Gasteiger charge is -2.10. The molecule has 0 radical (unpaired) electrons. The number of fused-ring (bicyclic) bond motifs is 1. The van der Waals surface area contributed by atoms with E-state index in [1.807, 2.05) is 31.4 Å². The Hall–Kier alpha value is -2.94. The van der Waals surface area contributed by atoms with Crippen LogP contribution < -0.4 is 14.8 Å². The Labute approximate surface area is 160 Å². The van der Waals surface area contributed by atoms with E-state index in [-0.39, 0.29) is 12.4 Å². The van der Waals surface area contributed by atoms with Gasteiger partial charge in [0.1, 0.15) is 5.82 Å². The van der Waals surface area contributed by atoms with Gasteiger partial charge < -0.3 is 14.8 Å². The molecule has 1 aliphatic heterocycles. The third-order valence-electron chi connectivity index (χ3n) is 4.48. The summed E-state index contributed by atoms with van der Waals surface area (Å²) in [5, 5.41) is 7.72. The van der Waals surface area contributed by atoms with Crippen LogP contribution >= 0.6 is 0 Å². The lowest BCUT2D eigenvalue weighted by atomic mass is 10.1. The molecule has 0 fully saturated rings. The van der Waals surface area contributed by atoms with E-state index in [9.17, 15) is 8.78 Å². The molecule has 2 aromatic heterocycles. The highest BCUT2D eigenvalue weighted by molar-refractivity contribution is 5.66. The maximum Gasteiger partial charge on any atom is 0.319 e. The summed E-state index contributed by atoms with van der Waals surface area (Å²) in [6, 6.07) is 5.76. The molecule has 0 amide bonds. The second-order valence-electron chi connectivity index (χ2n) is 6.52. The molecule has 0 spiro atoms. The van der Waals surface area contributed by atoms with Gasteiger partial charge in [0, 0.05) is 49.7 Å². The Bertz CT molecular complexity index is 954. The lowest BCUT2D eigenvalue weighted by molar-refractivity contribution is 0.0666. The average molecular weight is 389 g/mol. The summed E-state index contributed by atoms with van der Waals surface area (Å²) in [4.78, 5) is 3.98. The van der Waals surface area contributed by atoms with E-state index in [1.165, 1.54) is 12.4 Å². The molecule has 0 unspecified atom stereocenters. The average Bonchev–Trinajstić information content (AvgIpc) is 3.21. The number of alkyl halides is 2. The number of ether oxygens (including phenoxy) is 2. The molecule has 1 aliphatic rings. The van der Waals surface area contributed by atoms with Crippen molar-refractivity contribution < 1.29 is 18.3 Å². The molecule has 148 valence electrons. The zero-order chi connectivity index (χ0) is 19.5. The van der Waals surface area contributed by atoms with Crippen molar-refractivity contribution in [1.82, 2.24) is 24.6 Å². The zero-order valence-corrected chi connectivity index (χ0v) is 15.4. The van der Waals surface area contributed by atoms with Crippen molar-refractivity contribution in [2.24, 2.45) is 7.05 Å². The minimum Gasteiger partial charge on any atom is -0.490 e. The maximum atomic E-state index is 12.9. The zero-order valence-electron chi connectivity index (χ0n) is 15.4. The van der Waals surface area contributed by atoms with Crippen LogP contribution in [-0.2, 0) is 20.1 Å². The van der Waals surface area contributed by atoms with Gasteiger partial charge in [-0.15, -0.1) is 0 Å². The molecule has 0 atom stereocenters. The van der Waals surface area contributed by atoms with E-state index in [2.05, 4.69) is 15.4 Å². The SMILES string of the molecule is Cn1cc(CNCc2nccn2C(F)F)c(-c2ccc3c(c2)OCCCO3)n1. The second-order valence-corrected chi connectivity index (χ2v) is 6.52. The summed E-state index contributed by atoms with van der Waals surface area (Å²) in [6.07, 6.45) is 5.40. The van der Waals surface area contributed by atoms with Crippen molar-refractivity contribution >= 4 is 0 Å². The van der Waals surface area contributed by atoms with Crippen LogP contribution in [0.5, 0.6) is 11.5 Å². The van der Waals surface area contributed by atoms with Gasteiger partial charge in [0.15, 0.2) is 11.5 Å². The Balaban J connectivity index is 1.51. The van der Waals surface area contributed by atoms with E-state index >= 15 is 0 Å². The van der Waals surface area contributed by atoms with Crippen LogP contribution in [0.4, 0.5) is 8.78 Å². The predicted molar refractivity (Wildman–Crippen MR) is 98.3 cm³/mol. The van der Waals surface area contributed by atoms with Gasteiger partial charge in [0.25, 0.3) is 0 Å². The first kappa shape index (κ1) is 18.4. The first-order chi connectivity index (χ1) is 13.6. The van der Waals surface area contributed by atoms with E-state index in [1.54, 1.807) is 4.68 Å². The standard InChI is InChI=1S/C19H21F2N5O2/c1-25-12-14(10-22-11-17-23-5-6-26(17)19(20)21)18(24-25)13-3-4-15-16(9-13)28-8-2-7-27-15/h3-6,9,12,19,22H,2,7-8,10-11H2,1H3. The fraction of sp³-hybridized carbons (Fsp3) is 0.368. The fourth-order valence-electron chi connectivity index (χ4n) is 3.19. The topological polar surface area (TPSA) is 66.1 Å². The quantitative estimate of drug-likeness (QED) is 0.702. The second kappa shape index (κ2) is 7.97. The molecule has 9 heteroatoms. The van der Waals surface area contributed by atoms with Gasteiger partial charge in [-0.2, -0.15) is 13.9 Å². The lowest BCUT2D eigenvalue weighted by Crippen LogP contribution is -2.17. The highest BCUT2D eigenvalue weighted by Crippen LogP contribution is 2.34. The number of aryl methyl sites for hydroxylation is 1. The number of nitrogens with zero attached hydrogens (tertiary/aromatic N) is 4. The molecule has 1 aromatic carbocycles. The monoisotopic (exact) mass is 389 g/mol. The molecular formula is C19H21F2N5O2. The van der Waals surface area contributed by atoms with Gasteiger partial charge in [-0.05, 0) is 18.2 Å². The number of aromatic nitrogens is 4. The van der Waals surface area contributed by atoms with Gasteiger partial charge in [-0.1, -0.05) is 0 Å². The van der Waals surface area contributed by atoms with E-state index < -0.39 is 6.55 Å². The molecule has 3 aromatic rings. The number of imidazole rings is 1. The molecule has 0 aliphatic carbocycles. The van der Waals surface area contributed by atoms with Crippen LogP contribution in [-0.4, -0.2) is 32.5 Å². The normalized spacial score (nSPS) is 13.7. The number of halogens is 2. The summed E-state index contributed by atoms with van der Waals surface area (Å²) < 4.78 is 39.9. The van der Waals surface area contributed by atoms with Crippen molar-refractivity contribution in [3.63, 3.8) is 0 Å². The number of rotatable bonds is 6. The van der Waals surface area contributed by atoms with Gasteiger partial charge in [-0.25, -0.2) is 4.98 Å². The van der Waals surface area contributed by atoms with E-state index in [0.717, 1.165) is 33.6 Å². The first-order valence-corrected chi connectivity index (χ1v) is 9.05. The van der Waals surface area contributed by atoms with Crippen LogP contribution in [0.2, 0.25) is 0 Å². The maximum absolute atomic E-state index is 12.9. The molecule has 4 rings (SSSR count). The van der Waals surface area contributed by atoms with Crippen molar-refractivity contribution in [2.75, 3.05) is 13.2 Å². The molecule has 7 nitrogen and oxygen atoms in total. The summed E-state index contributed by atoms with van der Waals surface area (Å²) in [6.45, 7) is -0.654. The fourth-order valence-corrected chi connectivity index (χ4v) is 3.19. The molecule has 1 N–H and O–H groups in total. The van der Waals surface area contributed by atoms with Crippen molar-refractivity contribution in [3.05, 3.63) is 48.2 Å². The summed E-state index contributed by atoms with van der Waals surface area (Å²) in [5.41, 5.74) is 2.67. The largest absolute Gasteiger partial charge is 0.490 e. The summed E-state index contributed by atoms with van der Waals surface area (Å²) in [5.74, 6) is 1.73. The number of nitrogens with one attached hydrogen (secondary N) is 1. The van der Waals surface area contributed by atoms with Crippen LogP contribution in [0.3, 0.4) is 0 Å². The Morgan fingerprint density at radius 2 is 2.00 bits per heavy atom. The molecule has 0 bridgehead atoms. The van der Waals surface area contributed by atoms with Crippen LogP contribution in [0.15, 0.2) is 36.8 Å². The predicted octanol–water partition coefficient (Wildman–Crippen LogP) is 3.13. The summed E-state index contributed by atoms with van der Waals surface area (Å²) >= 11 is 0. The minimum atomic E-state index is -2.60. The Morgan fingerprint density at radius 1 is 1.18 bits per heavy atom. The molecular weight excluding hydrogens is 368 g/mol. The van der Waals surface area contributed by atoms with Gasteiger partial charge in [0.2, 0.25) is 0 Å². The van der Waals surface area contributed by atoms with E-state index in [4.69, 9.17) is 9.47 Å².